The summed E-state index contributed by atoms with van der Waals surface area (Å²) < 4.78 is 27.7. The van der Waals surface area contributed by atoms with Gasteiger partial charge < -0.3 is 9.84 Å². The molecule has 0 spiro atoms. The van der Waals surface area contributed by atoms with E-state index in [1.165, 1.54) is 0 Å². The van der Waals surface area contributed by atoms with Crippen LogP contribution in [0.4, 0.5) is 0 Å². The van der Waals surface area contributed by atoms with Crippen LogP contribution in [0.2, 0.25) is 0 Å². The molecular formula is C11H19N3O3S. The molecule has 0 amide bonds. The molecule has 0 aliphatic carbocycles. The first-order valence-corrected chi connectivity index (χ1v) is 7.85. The molecule has 7 heteroatoms. The zero-order valence-electron chi connectivity index (χ0n) is 10.9. The Morgan fingerprint density at radius 2 is 2.17 bits per heavy atom. The molecule has 0 bridgehead atoms. The molecule has 2 rings (SSSR count). The van der Waals surface area contributed by atoms with Gasteiger partial charge in [0.25, 0.3) is 0 Å². The smallest absolute Gasteiger partial charge is 0.240 e. The Bertz CT molecular complexity index is 516. The molecule has 0 saturated carbocycles. The van der Waals surface area contributed by atoms with Crippen molar-refractivity contribution >= 4 is 9.84 Å². The molecule has 1 atom stereocenters. The Labute approximate surface area is 107 Å². The average Bonchev–Trinajstić information content (AvgIpc) is 2.80. The van der Waals surface area contributed by atoms with Gasteiger partial charge in [-0.3, -0.25) is 0 Å². The Balaban J connectivity index is 1.90. The summed E-state index contributed by atoms with van der Waals surface area (Å²) in [4.78, 5) is 4.29. The van der Waals surface area contributed by atoms with Crippen molar-refractivity contribution in [1.29, 1.82) is 0 Å². The minimum absolute atomic E-state index is 0.0000123. The van der Waals surface area contributed by atoms with Crippen molar-refractivity contribution in [1.82, 2.24) is 15.5 Å². The number of aromatic nitrogens is 2. The number of rotatable bonds is 3. The van der Waals surface area contributed by atoms with E-state index in [2.05, 4.69) is 15.5 Å². The van der Waals surface area contributed by atoms with Crippen molar-refractivity contribution in [3.8, 4) is 0 Å². The summed E-state index contributed by atoms with van der Waals surface area (Å²) in [5, 5.41) is 7.06. The second kappa shape index (κ2) is 4.62. The third kappa shape index (κ3) is 3.29. The number of nitrogens with one attached hydrogen (secondary N) is 1. The van der Waals surface area contributed by atoms with Crippen LogP contribution in [0.3, 0.4) is 0 Å². The first-order chi connectivity index (χ1) is 8.26. The molecule has 1 aromatic rings. The van der Waals surface area contributed by atoms with Crippen molar-refractivity contribution < 1.29 is 12.9 Å². The zero-order chi connectivity index (χ0) is 13.4. The van der Waals surface area contributed by atoms with Crippen molar-refractivity contribution in [3.63, 3.8) is 0 Å². The number of nitrogens with zero attached hydrogens (tertiary/aromatic N) is 2. The normalized spacial score (nSPS) is 23.4. The van der Waals surface area contributed by atoms with Gasteiger partial charge in [0.2, 0.25) is 5.89 Å². The number of sulfone groups is 1. The Kier molecular flexibility index (Phi) is 3.46. The van der Waals surface area contributed by atoms with E-state index in [1.54, 1.807) is 0 Å². The average molecular weight is 273 g/mol. The molecular weight excluding hydrogens is 254 g/mol. The van der Waals surface area contributed by atoms with Crippen LogP contribution < -0.4 is 5.32 Å². The van der Waals surface area contributed by atoms with Gasteiger partial charge >= 0.3 is 0 Å². The van der Waals surface area contributed by atoms with Crippen molar-refractivity contribution in [2.24, 2.45) is 0 Å². The van der Waals surface area contributed by atoms with Crippen LogP contribution in [0.25, 0.3) is 0 Å². The highest BCUT2D eigenvalue weighted by atomic mass is 32.2. The van der Waals surface area contributed by atoms with Gasteiger partial charge in [0.05, 0.1) is 18.1 Å². The molecule has 0 radical (unpaired) electrons. The van der Waals surface area contributed by atoms with Crippen LogP contribution >= 0.6 is 0 Å². The molecule has 1 aromatic heterocycles. The predicted molar refractivity (Wildman–Crippen MR) is 66.9 cm³/mol. The Morgan fingerprint density at radius 3 is 2.67 bits per heavy atom. The fourth-order valence-corrected chi connectivity index (χ4v) is 3.53. The lowest BCUT2D eigenvalue weighted by Crippen LogP contribution is -2.29. The number of hydrogen-bond donors (Lipinski definition) is 1. The van der Waals surface area contributed by atoms with E-state index in [0.717, 1.165) is 0 Å². The fourth-order valence-electron chi connectivity index (χ4n) is 1.82. The highest BCUT2D eigenvalue weighted by Gasteiger charge is 2.28. The highest BCUT2D eigenvalue weighted by Crippen LogP contribution is 2.18. The van der Waals surface area contributed by atoms with E-state index < -0.39 is 9.84 Å². The van der Waals surface area contributed by atoms with Crippen LogP contribution in [0.15, 0.2) is 4.52 Å². The van der Waals surface area contributed by atoms with E-state index in [9.17, 15) is 8.42 Å². The summed E-state index contributed by atoms with van der Waals surface area (Å²) in [5.74, 6) is 1.64. The van der Waals surface area contributed by atoms with Gasteiger partial charge in [-0.05, 0) is 6.42 Å². The van der Waals surface area contributed by atoms with Crippen LogP contribution in [-0.2, 0) is 21.8 Å². The highest BCUT2D eigenvalue weighted by molar-refractivity contribution is 7.91. The molecule has 18 heavy (non-hydrogen) atoms. The van der Waals surface area contributed by atoms with Gasteiger partial charge in [0.1, 0.15) is 0 Å². The molecule has 102 valence electrons. The van der Waals surface area contributed by atoms with E-state index in [-0.39, 0.29) is 23.0 Å². The topological polar surface area (TPSA) is 85.1 Å². The van der Waals surface area contributed by atoms with Crippen molar-refractivity contribution in [3.05, 3.63) is 11.7 Å². The predicted octanol–water partition coefficient (Wildman–Crippen LogP) is 0.644. The molecule has 0 aromatic carbocycles. The van der Waals surface area contributed by atoms with Gasteiger partial charge in [-0.1, -0.05) is 25.9 Å². The first-order valence-electron chi connectivity index (χ1n) is 6.03. The second-order valence-corrected chi connectivity index (χ2v) is 7.97. The van der Waals surface area contributed by atoms with Gasteiger partial charge in [0, 0.05) is 11.5 Å². The lowest BCUT2D eigenvalue weighted by Gasteiger charge is -2.11. The zero-order valence-corrected chi connectivity index (χ0v) is 11.7. The van der Waals surface area contributed by atoms with E-state index in [4.69, 9.17) is 4.52 Å². The summed E-state index contributed by atoms with van der Waals surface area (Å²) in [6.07, 6.45) is 0.655. The van der Waals surface area contributed by atoms with Crippen molar-refractivity contribution in [2.45, 2.75) is 45.2 Å². The van der Waals surface area contributed by atoms with E-state index >= 15 is 0 Å². The molecule has 2 heterocycles. The molecule has 1 N–H and O–H groups in total. The molecule has 1 unspecified atom stereocenters. The SMILES string of the molecule is CC(C)(C)c1noc(CNC2CCS(=O)(=O)C2)n1. The molecule has 6 nitrogen and oxygen atoms in total. The van der Waals surface area contributed by atoms with Crippen molar-refractivity contribution in [2.75, 3.05) is 11.5 Å². The van der Waals surface area contributed by atoms with Crippen LogP contribution in [0, 0.1) is 0 Å². The summed E-state index contributed by atoms with van der Waals surface area (Å²) >= 11 is 0. The standard InChI is InChI=1S/C11H19N3O3S/c1-11(2,3)10-13-9(17-14-10)6-12-8-4-5-18(15,16)7-8/h8,12H,4-7H2,1-3H3. The van der Waals surface area contributed by atoms with E-state index in [1.807, 2.05) is 20.8 Å². The van der Waals surface area contributed by atoms with Gasteiger partial charge in [-0.2, -0.15) is 4.98 Å². The van der Waals surface area contributed by atoms with Crippen LogP contribution in [0.1, 0.15) is 38.9 Å². The molecule has 1 saturated heterocycles. The number of hydrogen-bond acceptors (Lipinski definition) is 6. The monoisotopic (exact) mass is 273 g/mol. The molecule has 1 aliphatic rings. The van der Waals surface area contributed by atoms with Gasteiger partial charge in [0.15, 0.2) is 15.7 Å². The maximum atomic E-state index is 11.3. The third-order valence-corrected chi connectivity index (χ3v) is 4.68. The second-order valence-electron chi connectivity index (χ2n) is 5.74. The molecule has 1 aliphatic heterocycles. The summed E-state index contributed by atoms with van der Waals surface area (Å²) in [6, 6.07) is -0.0000123. The maximum absolute atomic E-state index is 11.3. The maximum Gasteiger partial charge on any atom is 0.240 e. The quantitative estimate of drug-likeness (QED) is 0.870. The van der Waals surface area contributed by atoms with Crippen LogP contribution in [-0.4, -0.2) is 36.1 Å². The van der Waals surface area contributed by atoms with E-state index in [0.29, 0.717) is 24.7 Å². The summed E-state index contributed by atoms with van der Waals surface area (Å²) in [6.45, 7) is 6.46. The minimum Gasteiger partial charge on any atom is -0.338 e. The third-order valence-electron chi connectivity index (χ3n) is 2.91. The van der Waals surface area contributed by atoms with Gasteiger partial charge in [-0.25, -0.2) is 8.42 Å². The first kappa shape index (κ1) is 13.5. The largest absolute Gasteiger partial charge is 0.338 e. The fraction of sp³-hybridized carbons (Fsp3) is 0.818. The molecule has 1 fully saturated rings. The Morgan fingerprint density at radius 1 is 1.44 bits per heavy atom. The Hall–Kier alpha value is -0.950. The lowest BCUT2D eigenvalue weighted by molar-refractivity contribution is 0.348. The summed E-state index contributed by atoms with van der Waals surface area (Å²) in [7, 11) is -2.85. The lowest BCUT2D eigenvalue weighted by atomic mass is 9.96. The summed E-state index contributed by atoms with van der Waals surface area (Å²) in [5.41, 5.74) is -0.140. The van der Waals surface area contributed by atoms with Crippen LogP contribution in [0.5, 0.6) is 0 Å². The minimum atomic E-state index is -2.85. The van der Waals surface area contributed by atoms with Gasteiger partial charge in [-0.15, -0.1) is 0 Å².